The van der Waals surface area contributed by atoms with E-state index in [0.29, 0.717) is 25.3 Å². The van der Waals surface area contributed by atoms with Crippen LogP contribution in [0.4, 0.5) is 5.82 Å². The predicted octanol–water partition coefficient (Wildman–Crippen LogP) is 0.638. The normalized spacial score (nSPS) is 15.0. The lowest BCUT2D eigenvalue weighted by Gasteiger charge is -2.35. The molecule has 1 aliphatic heterocycles. The highest BCUT2D eigenvalue weighted by molar-refractivity contribution is 5.77. The highest BCUT2D eigenvalue weighted by atomic mass is 16.5. The van der Waals surface area contributed by atoms with E-state index in [-0.39, 0.29) is 12.5 Å². The molecule has 0 saturated carbocycles. The summed E-state index contributed by atoms with van der Waals surface area (Å²) in [5.74, 6) is 0.889. The van der Waals surface area contributed by atoms with Crippen LogP contribution in [0.1, 0.15) is 12.5 Å². The van der Waals surface area contributed by atoms with Gasteiger partial charge in [-0.05, 0) is 19.1 Å². The summed E-state index contributed by atoms with van der Waals surface area (Å²) in [5, 5.41) is 8.75. The number of anilines is 1. The molecule has 6 heteroatoms. The Kier molecular flexibility index (Phi) is 4.91. The lowest BCUT2D eigenvalue weighted by molar-refractivity contribution is -0.136. The Morgan fingerprint density at radius 3 is 2.70 bits per heavy atom. The van der Waals surface area contributed by atoms with Crippen LogP contribution in [0.3, 0.4) is 0 Å². The van der Waals surface area contributed by atoms with Crippen LogP contribution in [-0.4, -0.2) is 55.2 Å². The molecule has 0 aromatic carbocycles. The smallest absolute Gasteiger partial charge is 0.248 e. The molecule has 2 heterocycles. The molecule has 0 spiro atoms. The Bertz CT molecular complexity index is 487. The summed E-state index contributed by atoms with van der Waals surface area (Å²) >= 11 is 0. The van der Waals surface area contributed by atoms with Gasteiger partial charge in [-0.25, -0.2) is 4.98 Å². The van der Waals surface area contributed by atoms with Crippen molar-refractivity contribution in [3.05, 3.63) is 23.9 Å². The molecule has 0 unspecified atom stereocenters. The van der Waals surface area contributed by atoms with E-state index in [4.69, 9.17) is 10.00 Å². The van der Waals surface area contributed by atoms with Crippen molar-refractivity contribution in [3.8, 4) is 6.07 Å². The molecular weight excluding hydrogens is 256 g/mol. The summed E-state index contributed by atoms with van der Waals surface area (Å²) in [6.07, 6.45) is 1.57. The Labute approximate surface area is 118 Å². The van der Waals surface area contributed by atoms with Gasteiger partial charge < -0.3 is 14.5 Å². The maximum Gasteiger partial charge on any atom is 0.248 e. The number of carbonyl (C=O) groups is 1. The van der Waals surface area contributed by atoms with Crippen LogP contribution in [-0.2, 0) is 9.53 Å². The van der Waals surface area contributed by atoms with Crippen molar-refractivity contribution in [1.82, 2.24) is 9.88 Å². The third kappa shape index (κ3) is 3.45. The third-order valence-corrected chi connectivity index (χ3v) is 3.26. The third-order valence-electron chi connectivity index (χ3n) is 3.26. The predicted molar refractivity (Wildman–Crippen MR) is 74.2 cm³/mol. The van der Waals surface area contributed by atoms with E-state index in [1.54, 1.807) is 12.3 Å². The van der Waals surface area contributed by atoms with E-state index in [9.17, 15) is 4.79 Å². The van der Waals surface area contributed by atoms with Gasteiger partial charge in [0.2, 0.25) is 5.91 Å². The van der Waals surface area contributed by atoms with E-state index < -0.39 is 0 Å². The zero-order valence-electron chi connectivity index (χ0n) is 11.6. The number of ether oxygens (including phenoxy) is 1. The maximum atomic E-state index is 11.8. The molecule has 0 aliphatic carbocycles. The highest BCUT2D eigenvalue weighted by Gasteiger charge is 2.21. The van der Waals surface area contributed by atoms with Crippen molar-refractivity contribution >= 4 is 11.7 Å². The molecule has 20 heavy (non-hydrogen) atoms. The first-order valence-electron chi connectivity index (χ1n) is 6.71. The second-order valence-corrected chi connectivity index (χ2v) is 4.52. The number of nitrogens with zero attached hydrogens (tertiary/aromatic N) is 4. The number of hydrogen-bond donors (Lipinski definition) is 0. The van der Waals surface area contributed by atoms with Crippen LogP contribution in [0.2, 0.25) is 0 Å². The number of nitriles is 1. The molecule has 1 fully saturated rings. The summed E-state index contributed by atoms with van der Waals surface area (Å²) in [5.41, 5.74) is 0.555. The van der Waals surface area contributed by atoms with Crippen molar-refractivity contribution in [2.45, 2.75) is 6.92 Å². The number of carbonyl (C=O) groups excluding carboxylic acids is 1. The fraction of sp³-hybridized carbons (Fsp3) is 0.500. The van der Waals surface area contributed by atoms with E-state index in [1.807, 2.05) is 17.9 Å². The molecule has 1 aliphatic rings. The van der Waals surface area contributed by atoms with Gasteiger partial charge in [-0.1, -0.05) is 0 Å². The van der Waals surface area contributed by atoms with Crippen molar-refractivity contribution in [2.75, 3.05) is 44.3 Å². The minimum atomic E-state index is 0.0410. The van der Waals surface area contributed by atoms with Crippen LogP contribution >= 0.6 is 0 Å². The van der Waals surface area contributed by atoms with E-state index in [1.165, 1.54) is 0 Å². The molecule has 0 atom stereocenters. The topological polar surface area (TPSA) is 69.5 Å². The fourth-order valence-corrected chi connectivity index (χ4v) is 2.10. The molecule has 0 radical (unpaired) electrons. The van der Waals surface area contributed by atoms with Crippen LogP contribution in [0.5, 0.6) is 0 Å². The van der Waals surface area contributed by atoms with Gasteiger partial charge in [0, 0.05) is 39.0 Å². The average Bonchev–Trinajstić information content (AvgIpc) is 2.53. The van der Waals surface area contributed by atoms with Gasteiger partial charge in [-0.2, -0.15) is 5.26 Å². The molecule has 1 aromatic rings. The zero-order valence-corrected chi connectivity index (χ0v) is 11.6. The van der Waals surface area contributed by atoms with E-state index in [2.05, 4.69) is 16.0 Å². The summed E-state index contributed by atoms with van der Waals surface area (Å²) in [4.78, 5) is 20.0. The number of hydrogen-bond acceptors (Lipinski definition) is 5. The Morgan fingerprint density at radius 2 is 2.15 bits per heavy atom. The molecule has 0 N–H and O–H groups in total. The first kappa shape index (κ1) is 14.3. The summed E-state index contributed by atoms with van der Waals surface area (Å²) in [7, 11) is 0. The molecule has 6 nitrogen and oxygen atoms in total. The molecule has 1 amide bonds. The second-order valence-electron chi connectivity index (χ2n) is 4.52. The Morgan fingerprint density at radius 1 is 1.40 bits per heavy atom. The molecule has 0 bridgehead atoms. The van der Waals surface area contributed by atoms with Gasteiger partial charge in [0.15, 0.2) is 0 Å². The summed E-state index contributed by atoms with van der Waals surface area (Å²) in [6.45, 7) is 5.43. The van der Waals surface area contributed by atoms with Gasteiger partial charge >= 0.3 is 0 Å². The van der Waals surface area contributed by atoms with Crippen LogP contribution in [0.15, 0.2) is 18.3 Å². The molecule has 1 aromatic heterocycles. The first-order chi connectivity index (χ1) is 9.74. The van der Waals surface area contributed by atoms with Gasteiger partial charge in [0.05, 0.1) is 5.56 Å². The van der Waals surface area contributed by atoms with Crippen molar-refractivity contribution in [3.63, 3.8) is 0 Å². The highest BCUT2D eigenvalue weighted by Crippen LogP contribution is 2.13. The SMILES string of the molecule is CCOCC(=O)N1CCN(c2ccc(C#N)cn2)CC1. The number of rotatable bonds is 4. The monoisotopic (exact) mass is 274 g/mol. The zero-order chi connectivity index (χ0) is 14.4. The maximum absolute atomic E-state index is 11.8. The number of piperazine rings is 1. The van der Waals surface area contributed by atoms with Gasteiger partial charge in [0.1, 0.15) is 18.5 Å². The van der Waals surface area contributed by atoms with Crippen molar-refractivity contribution in [1.29, 1.82) is 5.26 Å². The summed E-state index contributed by atoms with van der Waals surface area (Å²) in [6, 6.07) is 5.65. The quantitative estimate of drug-likeness (QED) is 0.806. The van der Waals surface area contributed by atoms with Crippen LogP contribution in [0.25, 0.3) is 0 Å². The van der Waals surface area contributed by atoms with E-state index >= 15 is 0 Å². The number of aromatic nitrogens is 1. The van der Waals surface area contributed by atoms with Crippen molar-refractivity contribution in [2.24, 2.45) is 0 Å². The molecule has 2 rings (SSSR count). The van der Waals surface area contributed by atoms with Crippen LogP contribution < -0.4 is 4.90 Å². The first-order valence-corrected chi connectivity index (χ1v) is 6.71. The minimum Gasteiger partial charge on any atom is -0.372 e. The fourth-order valence-electron chi connectivity index (χ4n) is 2.10. The van der Waals surface area contributed by atoms with Crippen LogP contribution in [0, 0.1) is 11.3 Å². The second kappa shape index (κ2) is 6.87. The molecule has 106 valence electrons. The van der Waals surface area contributed by atoms with E-state index in [0.717, 1.165) is 18.9 Å². The summed E-state index contributed by atoms with van der Waals surface area (Å²) < 4.78 is 5.14. The standard InChI is InChI=1S/C14H18N4O2/c1-2-20-11-14(19)18-7-5-17(6-8-18)13-4-3-12(9-15)10-16-13/h3-4,10H,2,5-8,11H2,1H3. The Hall–Kier alpha value is -2.13. The van der Waals surface area contributed by atoms with Gasteiger partial charge in [-0.15, -0.1) is 0 Å². The Balaban J connectivity index is 1.87. The largest absolute Gasteiger partial charge is 0.372 e. The molecule has 1 saturated heterocycles. The average molecular weight is 274 g/mol. The van der Waals surface area contributed by atoms with Gasteiger partial charge in [0.25, 0.3) is 0 Å². The number of pyridine rings is 1. The van der Waals surface area contributed by atoms with Gasteiger partial charge in [-0.3, -0.25) is 4.79 Å². The number of amides is 1. The lowest BCUT2D eigenvalue weighted by Crippen LogP contribution is -2.50. The van der Waals surface area contributed by atoms with Crippen molar-refractivity contribution < 1.29 is 9.53 Å². The molecular formula is C14H18N4O2. The minimum absolute atomic E-state index is 0.0410. The lowest BCUT2D eigenvalue weighted by atomic mass is 10.2.